The highest BCUT2D eigenvalue weighted by molar-refractivity contribution is 6.24. The van der Waals surface area contributed by atoms with E-state index in [2.05, 4.69) is 0 Å². The molecule has 3 aliphatic rings. The molecule has 1 amide bonds. The summed E-state index contributed by atoms with van der Waals surface area (Å²) in [5.74, 6) is -6.58. The van der Waals surface area contributed by atoms with Crippen LogP contribution in [0.15, 0.2) is 53.3 Å². The molecule has 0 bridgehead atoms. The lowest BCUT2D eigenvalue weighted by Gasteiger charge is -2.50. The van der Waals surface area contributed by atoms with E-state index in [9.17, 15) is 34.8 Å². The smallest absolute Gasteiger partial charge is 0.255 e. The Hall–Kier alpha value is -4.15. The van der Waals surface area contributed by atoms with Crippen molar-refractivity contribution in [1.29, 1.82) is 0 Å². The Morgan fingerprint density at radius 3 is 2.33 bits per heavy atom. The number of aryl methyl sites for hydroxylation is 2. The van der Waals surface area contributed by atoms with E-state index >= 15 is 0 Å². The Morgan fingerprint density at radius 2 is 1.72 bits per heavy atom. The number of nitrogen functional groups attached to an aromatic ring is 1. The van der Waals surface area contributed by atoms with Gasteiger partial charge in [0.1, 0.15) is 22.8 Å². The molecule has 0 unspecified atom stereocenters. The van der Waals surface area contributed by atoms with Gasteiger partial charge in [-0.15, -0.1) is 0 Å². The van der Waals surface area contributed by atoms with E-state index < -0.39 is 58.0 Å². The van der Waals surface area contributed by atoms with E-state index in [4.69, 9.17) is 11.5 Å². The molecule has 10 nitrogen and oxygen atoms in total. The number of ketones is 2. The van der Waals surface area contributed by atoms with Gasteiger partial charge in [0, 0.05) is 17.2 Å². The van der Waals surface area contributed by atoms with Gasteiger partial charge in [0.15, 0.2) is 11.4 Å². The average molecular weight is 534 g/mol. The van der Waals surface area contributed by atoms with Gasteiger partial charge in [-0.25, -0.2) is 0 Å². The van der Waals surface area contributed by atoms with Gasteiger partial charge in [0.2, 0.25) is 5.78 Å². The minimum Gasteiger partial charge on any atom is -0.508 e. The Labute approximate surface area is 224 Å². The minimum absolute atomic E-state index is 0.0544. The van der Waals surface area contributed by atoms with Crippen molar-refractivity contribution in [3.8, 4) is 5.75 Å². The molecule has 0 aromatic heterocycles. The summed E-state index contributed by atoms with van der Waals surface area (Å²) in [7, 11) is 3.14. The highest BCUT2D eigenvalue weighted by Crippen LogP contribution is 2.53. The Balaban J connectivity index is 1.61. The molecule has 2 aromatic carbocycles. The van der Waals surface area contributed by atoms with Gasteiger partial charge in [-0.3, -0.25) is 19.3 Å². The number of benzene rings is 2. The molecule has 4 atom stereocenters. The number of amides is 1. The monoisotopic (exact) mass is 533 g/mol. The average Bonchev–Trinajstić information content (AvgIpc) is 2.86. The number of aliphatic hydroxyl groups excluding tert-OH is 2. The number of carbonyl (C=O) groups is 3. The quantitative estimate of drug-likeness (QED) is 0.243. The molecule has 8 N–H and O–H groups in total. The molecule has 3 aliphatic carbocycles. The Morgan fingerprint density at radius 1 is 1.05 bits per heavy atom. The van der Waals surface area contributed by atoms with E-state index in [1.165, 1.54) is 11.0 Å². The maximum Gasteiger partial charge on any atom is 0.255 e. The van der Waals surface area contributed by atoms with Gasteiger partial charge >= 0.3 is 0 Å². The molecule has 204 valence electrons. The van der Waals surface area contributed by atoms with E-state index in [0.717, 1.165) is 11.1 Å². The number of aliphatic hydroxyl groups is 3. The number of likely N-dealkylation sites (N-methyl/N-ethyl adjacent to an activating group) is 1. The van der Waals surface area contributed by atoms with Gasteiger partial charge in [-0.05, 0) is 80.6 Å². The van der Waals surface area contributed by atoms with Crippen molar-refractivity contribution in [3.05, 3.63) is 75.6 Å². The second-order valence-corrected chi connectivity index (χ2v) is 10.8. The molecule has 5 rings (SSSR count). The first kappa shape index (κ1) is 26.5. The number of phenolic OH excluding ortho intramolecular Hbond substituents is 1. The van der Waals surface area contributed by atoms with E-state index in [-0.39, 0.29) is 29.7 Å². The molecule has 0 spiro atoms. The first-order valence-corrected chi connectivity index (χ1v) is 12.7. The summed E-state index contributed by atoms with van der Waals surface area (Å²) in [6.45, 7) is 0. The van der Waals surface area contributed by atoms with Crippen LogP contribution in [0.5, 0.6) is 5.75 Å². The highest BCUT2D eigenvalue weighted by Gasteiger charge is 2.64. The number of Topliss-reactive ketones (excluding diaryl/α,β-unsaturated/α-hetero) is 2. The first-order chi connectivity index (χ1) is 18.4. The summed E-state index contributed by atoms with van der Waals surface area (Å²) in [4.78, 5) is 40.7. The van der Waals surface area contributed by atoms with Crippen LogP contribution in [-0.4, -0.2) is 68.5 Å². The second-order valence-electron chi connectivity index (χ2n) is 10.8. The second kappa shape index (κ2) is 9.25. The van der Waals surface area contributed by atoms with Crippen LogP contribution in [0.4, 0.5) is 5.69 Å². The Bertz CT molecular complexity index is 1470. The number of hydrogen-bond acceptors (Lipinski definition) is 9. The molecule has 10 heteroatoms. The number of rotatable bonds is 5. The number of carbonyl (C=O) groups excluding carboxylic acids is 3. The third kappa shape index (κ3) is 3.90. The van der Waals surface area contributed by atoms with Crippen LogP contribution in [0.3, 0.4) is 0 Å². The number of nitrogens with zero attached hydrogens (tertiary/aromatic N) is 1. The number of hydrogen-bond donors (Lipinski definition) is 6. The number of fused-ring (bicyclic) bond motifs is 3. The third-order valence-electron chi connectivity index (χ3n) is 8.36. The topological polar surface area (TPSA) is 187 Å². The third-order valence-corrected chi connectivity index (χ3v) is 8.36. The zero-order chi connectivity index (χ0) is 28.4. The summed E-state index contributed by atoms with van der Waals surface area (Å²) in [5, 5.41) is 44.6. The number of anilines is 1. The highest BCUT2D eigenvalue weighted by atomic mass is 16.3. The molecule has 1 saturated carbocycles. The lowest BCUT2D eigenvalue weighted by Crippen LogP contribution is -2.65. The zero-order valence-corrected chi connectivity index (χ0v) is 21.6. The zero-order valence-electron chi connectivity index (χ0n) is 21.6. The van der Waals surface area contributed by atoms with Crippen molar-refractivity contribution in [2.24, 2.45) is 17.6 Å². The summed E-state index contributed by atoms with van der Waals surface area (Å²) in [5.41, 5.74) is 10.9. The molecule has 0 heterocycles. The van der Waals surface area contributed by atoms with Crippen LogP contribution in [0, 0.1) is 11.8 Å². The van der Waals surface area contributed by atoms with Crippen LogP contribution in [0.1, 0.15) is 28.7 Å². The number of nitrogens with two attached hydrogens (primary N) is 2. The molecule has 0 radical (unpaired) electrons. The SMILES string of the molecule is CN(C)[C@H]1C(=O)C(C(N)=O)=C(O)[C@@]2(O)C(=O)C3=C(O)c4c(O)ccc(CCc5ccc(N)cc5)c4C[C@@H]3C[C@H]12. The lowest BCUT2D eigenvalue weighted by atomic mass is 9.57. The molecular formula is C29H31N3O7. The van der Waals surface area contributed by atoms with E-state index in [1.807, 2.05) is 24.3 Å². The van der Waals surface area contributed by atoms with Gasteiger partial charge in [-0.2, -0.15) is 0 Å². The van der Waals surface area contributed by atoms with Crippen LogP contribution < -0.4 is 11.5 Å². The molecule has 1 fully saturated rings. The van der Waals surface area contributed by atoms with E-state index in [1.54, 1.807) is 20.2 Å². The van der Waals surface area contributed by atoms with Gasteiger partial charge in [0.05, 0.1) is 11.6 Å². The van der Waals surface area contributed by atoms with Crippen LogP contribution in [0.25, 0.3) is 5.76 Å². The standard InChI is InChI=1S/C29H31N3O7/c1-32(2)23-18-12-15-11-17-14(6-3-13-4-8-16(30)9-5-13)7-10-19(33)21(17)24(34)20(15)26(36)29(18,39)27(37)22(25(23)35)28(31)38/h4-5,7-10,15,18,23,33-34,37,39H,3,6,11-12,30H2,1-2H3,(H2,31,38)/t15-,18-,23-,29+/m1/s1. The fourth-order valence-electron chi connectivity index (χ4n) is 6.51. The van der Waals surface area contributed by atoms with Crippen molar-refractivity contribution in [3.63, 3.8) is 0 Å². The molecule has 0 saturated heterocycles. The van der Waals surface area contributed by atoms with E-state index in [0.29, 0.717) is 24.1 Å². The van der Waals surface area contributed by atoms with Crippen molar-refractivity contribution in [2.75, 3.05) is 19.8 Å². The van der Waals surface area contributed by atoms with Gasteiger partial charge in [-0.1, -0.05) is 18.2 Å². The van der Waals surface area contributed by atoms with Crippen molar-refractivity contribution in [2.45, 2.75) is 37.3 Å². The minimum atomic E-state index is -2.65. The number of aromatic hydroxyl groups is 1. The summed E-state index contributed by atoms with van der Waals surface area (Å²) < 4.78 is 0. The normalized spacial score (nSPS) is 26.4. The lowest BCUT2D eigenvalue weighted by molar-refractivity contribution is -0.153. The maximum atomic E-state index is 13.9. The fraction of sp³-hybridized carbons (Fsp3) is 0.345. The van der Waals surface area contributed by atoms with Crippen molar-refractivity contribution >= 4 is 28.9 Å². The molecular weight excluding hydrogens is 502 g/mol. The maximum absolute atomic E-state index is 13.9. The Kier molecular flexibility index (Phi) is 6.27. The molecule has 2 aromatic rings. The van der Waals surface area contributed by atoms with Crippen LogP contribution in [-0.2, 0) is 33.6 Å². The largest absolute Gasteiger partial charge is 0.508 e. The number of primary amides is 1. The van der Waals surface area contributed by atoms with Crippen molar-refractivity contribution < 1.29 is 34.8 Å². The summed E-state index contributed by atoms with van der Waals surface area (Å²) >= 11 is 0. The molecule has 39 heavy (non-hydrogen) atoms. The van der Waals surface area contributed by atoms with Crippen LogP contribution >= 0.6 is 0 Å². The fourth-order valence-corrected chi connectivity index (χ4v) is 6.51. The van der Waals surface area contributed by atoms with Gasteiger partial charge in [0.25, 0.3) is 5.91 Å². The first-order valence-electron chi connectivity index (χ1n) is 12.7. The molecule has 0 aliphatic heterocycles. The summed E-state index contributed by atoms with van der Waals surface area (Å²) in [6.07, 6.45) is 1.58. The van der Waals surface area contributed by atoms with Crippen LogP contribution in [0.2, 0.25) is 0 Å². The predicted molar refractivity (Wildman–Crippen MR) is 143 cm³/mol. The predicted octanol–water partition coefficient (Wildman–Crippen LogP) is 1.33. The number of phenols is 1. The summed E-state index contributed by atoms with van der Waals surface area (Å²) in [6, 6.07) is 9.61. The van der Waals surface area contributed by atoms with Gasteiger partial charge < -0.3 is 31.9 Å². The van der Waals surface area contributed by atoms with Crippen molar-refractivity contribution in [1.82, 2.24) is 4.90 Å².